The summed E-state index contributed by atoms with van der Waals surface area (Å²) in [5.41, 5.74) is 2.88. The summed E-state index contributed by atoms with van der Waals surface area (Å²) in [6.07, 6.45) is 0. The molecule has 0 aliphatic carbocycles. The molecule has 8 heteroatoms. The topological polar surface area (TPSA) is 96.5 Å². The molecule has 0 saturated heterocycles. The molecule has 0 saturated carbocycles. The number of carbonyl (C=O) groups excluding carboxylic acids is 1. The lowest BCUT2D eigenvalue weighted by Crippen LogP contribution is -2.29. The van der Waals surface area contributed by atoms with Gasteiger partial charge in [0.05, 0.1) is 17.0 Å². The monoisotopic (exact) mass is 419 g/mol. The first kappa shape index (κ1) is 18.5. The quantitative estimate of drug-likeness (QED) is 0.527. The molecule has 0 fully saturated rings. The second-order valence-corrected chi connectivity index (χ2v) is 8.54. The maximum absolute atomic E-state index is 13.5. The van der Waals surface area contributed by atoms with Crippen LogP contribution >= 0.6 is 11.3 Å². The lowest BCUT2D eigenvalue weighted by atomic mass is 9.97. The Morgan fingerprint density at radius 1 is 1.07 bits per heavy atom. The van der Waals surface area contributed by atoms with Crippen LogP contribution in [-0.2, 0) is 0 Å². The number of aromatic nitrogens is 2. The van der Waals surface area contributed by atoms with Crippen LogP contribution in [0, 0.1) is 20.8 Å². The lowest BCUT2D eigenvalue weighted by Gasteiger charge is -2.22. The number of aryl methyl sites for hydroxylation is 3. The zero-order valence-corrected chi connectivity index (χ0v) is 17.3. The van der Waals surface area contributed by atoms with Crippen LogP contribution in [0.15, 0.2) is 45.6 Å². The number of phenolic OH excluding ortho intramolecular Hbond substituents is 1. The number of phenols is 1. The molecule has 3 heterocycles. The molecule has 1 atom stereocenters. The minimum atomic E-state index is -0.769. The van der Waals surface area contributed by atoms with Crippen molar-refractivity contribution >= 4 is 33.3 Å². The van der Waals surface area contributed by atoms with Gasteiger partial charge in [-0.25, -0.2) is 0 Å². The van der Waals surface area contributed by atoms with Crippen molar-refractivity contribution in [1.82, 2.24) is 10.2 Å². The highest BCUT2D eigenvalue weighted by Gasteiger charge is 2.45. The SMILES string of the molecule is Cc1nnc(N2C(=O)c3oc4cc(C)c(C)cc4c(=O)c3C2c2cccc(O)c2)s1. The Morgan fingerprint density at radius 3 is 2.53 bits per heavy atom. The Balaban J connectivity index is 1.84. The van der Waals surface area contributed by atoms with Crippen LogP contribution < -0.4 is 10.3 Å². The van der Waals surface area contributed by atoms with Gasteiger partial charge in [0.1, 0.15) is 16.3 Å². The molecule has 0 radical (unpaired) electrons. The molecule has 0 bridgehead atoms. The van der Waals surface area contributed by atoms with E-state index in [4.69, 9.17) is 4.42 Å². The third-order valence-corrected chi connectivity index (χ3v) is 6.23. The summed E-state index contributed by atoms with van der Waals surface area (Å²) in [4.78, 5) is 28.4. The van der Waals surface area contributed by atoms with Crippen molar-refractivity contribution in [2.24, 2.45) is 0 Å². The first-order chi connectivity index (χ1) is 14.3. The lowest BCUT2D eigenvalue weighted by molar-refractivity contribution is 0.0970. The molecule has 7 nitrogen and oxygen atoms in total. The molecular weight excluding hydrogens is 402 g/mol. The zero-order valence-electron chi connectivity index (χ0n) is 16.5. The molecule has 5 rings (SSSR count). The van der Waals surface area contributed by atoms with E-state index in [0.29, 0.717) is 26.7 Å². The fourth-order valence-electron chi connectivity index (χ4n) is 3.82. The molecule has 1 aliphatic rings. The van der Waals surface area contributed by atoms with Gasteiger partial charge >= 0.3 is 0 Å². The molecule has 2 aromatic heterocycles. The van der Waals surface area contributed by atoms with Gasteiger partial charge in [0.15, 0.2) is 5.43 Å². The van der Waals surface area contributed by atoms with Gasteiger partial charge in [0.2, 0.25) is 10.9 Å². The average molecular weight is 419 g/mol. The minimum absolute atomic E-state index is 0.00283. The third-order valence-electron chi connectivity index (χ3n) is 5.39. The number of fused-ring (bicyclic) bond motifs is 2. The summed E-state index contributed by atoms with van der Waals surface area (Å²) in [5.74, 6) is -0.415. The maximum atomic E-state index is 13.5. The normalized spacial score (nSPS) is 15.8. The highest BCUT2D eigenvalue weighted by atomic mass is 32.1. The molecule has 1 N–H and O–H groups in total. The number of hydrogen-bond donors (Lipinski definition) is 1. The first-order valence-corrected chi connectivity index (χ1v) is 10.2. The van der Waals surface area contributed by atoms with Crippen LogP contribution in [0.3, 0.4) is 0 Å². The van der Waals surface area contributed by atoms with Gasteiger partial charge in [-0.2, -0.15) is 0 Å². The fourth-order valence-corrected chi connectivity index (χ4v) is 4.53. The number of aromatic hydroxyl groups is 1. The van der Waals surface area contributed by atoms with E-state index in [0.717, 1.165) is 11.1 Å². The second kappa shape index (κ2) is 6.50. The minimum Gasteiger partial charge on any atom is -0.508 e. The standard InChI is InChI=1S/C22H17N3O4S/c1-10-7-15-16(8-11(10)2)29-20-17(19(15)27)18(13-5-4-6-14(26)9-13)25(21(20)28)22-24-23-12(3)30-22/h4-9,18,26H,1-3H3. The first-order valence-electron chi connectivity index (χ1n) is 9.35. The summed E-state index contributed by atoms with van der Waals surface area (Å²) < 4.78 is 5.98. The average Bonchev–Trinajstić information content (AvgIpc) is 3.25. The van der Waals surface area contributed by atoms with Crippen LogP contribution in [0.5, 0.6) is 5.75 Å². The van der Waals surface area contributed by atoms with E-state index in [2.05, 4.69) is 10.2 Å². The highest BCUT2D eigenvalue weighted by Crippen LogP contribution is 2.42. The number of benzene rings is 2. The maximum Gasteiger partial charge on any atom is 0.297 e. The van der Waals surface area contributed by atoms with Crippen molar-refractivity contribution < 1.29 is 14.3 Å². The number of carbonyl (C=O) groups is 1. The van der Waals surface area contributed by atoms with Crippen LogP contribution in [0.1, 0.15) is 43.9 Å². The second-order valence-electron chi connectivity index (χ2n) is 7.38. The van der Waals surface area contributed by atoms with Crippen molar-refractivity contribution in [2.45, 2.75) is 26.8 Å². The van der Waals surface area contributed by atoms with Crippen molar-refractivity contribution in [3.05, 3.63) is 79.6 Å². The van der Waals surface area contributed by atoms with Crippen molar-refractivity contribution in [1.29, 1.82) is 0 Å². The molecule has 1 unspecified atom stereocenters. The van der Waals surface area contributed by atoms with Gasteiger partial charge in [0.25, 0.3) is 5.91 Å². The number of hydrogen-bond acceptors (Lipinski definition) is 7. The van der Waals surface area contributed by atoms with Crippen molar-refractivity contribution in [3.8, 4) is 5.75 Å². The predicted molar refractivity (Wildman–Crippen MR) is 113 cm³/mol. The van der Waals surface area contributed by atoms with E-state index in [1.165, 1.54) is 28.4 Å². The van der Waals surface area contributed by atoms with Gasteiger partial charge in [-0.1, -0.05) is 23.5 Å². The van der Waals surface area contributed by atoms with Crippen molar-refractivity contribution in [2.75, 3.05) is 4.90 Å². The number of amides is 1. The van der Waals surface area contributed by atoms with E-state index in [1.54, 1.807) is 31.2 Å². The highest BCUT2D eigenvalue weighted by molar-refractivity contribution is 7.15. The largest absolute Gasteiger partial charge is 0.508 e. The van der Waals surface area contributed by atoms with Gasteiger partial charge in [-0.15, -0.1) is 10.2 Å². The summed E-state index contributed by atoms with van der Waals surface area (Å²) >= 11 is 1.25. The van der Waals surface area contributed by atoms with Crippen LogP contribution in [0.2, 0.25) is 0 Å². The van der Waals surface area contributed by atoms with E-state index >= 15 is 0 Å². The number of rotatable bonds is 2. The summed E-state index contributed by atoms with van der Waals surface area (Å²) in [7, 11) is 0. The van der Waals surface area contributed by atoms with E-state index in [9.17, 15) is 14.7 Å². The van der Waals surface area contributed by atoms with E-state index in [1.807, 2.05) is 13.8 Å². The molecule has 2 aromatic carbocycles. The summed E-state index contributed by atoms with van der Waals surface area (Å²) in [6, 6.07) is 9.31. The molecule has 30 heavy (non-hydrogen) atoms. The Bertz CT molecular complexity index is 1410. The molecule has 1 amide bonds. The molecule has 4 aromatic rings. The number of nitrogens with zero attached hydrogens (tertiary/aromatic N) is 3. The van der Waals surface area contributed by atoms with E-state index in [-0.39, 0.29) is 22.5 Å². The molecule has 1 aliphatic heterocycles. The molecular formula is C22H17N3O4S. The predicted octanol–water partition coefficient (Wildman–Crippen LogP) is 4.03. The van der Waals surface area contributed by atoms with Gasteiger partial charge in [0, 0.05) is 0 Å². The Labute approximate surface area is 175 Å². The Kier molecular flexibility index (Phi) is 4.01. The molecule has 0 spiro atoms. The van der Waals surface area contributed by atoms with Gasteiger partial charge in [-0.05, 0) is 61.7 Å². The third kappa shape index (κ3) is 2.64. The van der Waals surface area contributed by atoms with Crippen LogP contribution in [0.25, 0.3) is 11.0 Å². The van der Waals surface area contributed by atoms with Crippen LogP contribution in [-0.4, -0.2) is 21.2 Å². The summed E-state index contributed by atoms with van der Waals surface area (Å²) in [5, 5.41) is 19.7. The van der Waals surface area contributed by atoms with Gasteiger partial charge < -0.3 is 9.52 Å². The smallest absolute Gasteiger partial charge is 0.297 e. The number of anilines is 1. The van der Waals surface area contributed by atoms with Crippen LogP contribution in [0.4, 0.5) is 5.13 Å². The van der Waals surface area contributed by atoms with Gasteiger partial charge in [-0.3, -0.25) is 14.5 Å². The summed E-state index contributed by atoms with van der Waals surface area (Å²) in [6.45, 7) is 5.65. The van der Waals surface area contributed by atoms with E-state index < -0.39 is 11.9 Å². The van der Waals surface area contributed by atoms with Crippen molar-refractivity contribution in [3.63, 3.8) is 0 Å². The Morgan fingerprint density at radius 2 is 1.83 bits per heavy atom. The fraction of sp³-hybridized carbons (Fsp3) is 0.182. The molecule has 150 valence electrons. The zero-order chi connectivity index (χ0) is 21.2. The Hall–Kier alpha value is -3.52.